The summed E-state index contributed by atoms with van der Waals surface area (Å²) in [5, 5.41) is 2.92. The van der Waals surface area contributed by atoms with E-state index < -0.39 is 5.82 Å². The SMILES string of the molecule is NNc1nc(Cl)nc(NC2CCOCC2)c1F. The first-order valence-corrected chi connectivity index (χ1v) is 5.62. The number of halogens is 2. The number of anilines is 2. The second-order valence-electron chi connectivity index (χ2n) is 3.68. The van der Waals surface area contributed by atoms with Crippen LogP contribution in [0.1, 0.15) is 12.8 Å². The molecule has 0 atom stereocenters. The molecule has 6 nitrogen and oxygen atoms in total. The van der Waals surface area contributed by atoms with E-state index in [-0.39, 0.29) is 23.0 Å². The summed E-state index contributed by atoms with van der Waals surface area (Å²) in [6.07, 6.45) is 1.60. The van der Waals surface area contributed by atoms with Gasteiger partial charge >= 0.3 is 0 Å². The quantitative estimate of drug-likeness (QED) is 0.430. The fraction of sp³-hybridized carbons (Fsp3) is 0.556. The number of hydrogen-bond donors (Lipinski definition) is 3. The number of nitrogens with zero attached hydrogens (tertiary/aromatic N) is 2. The third-order valence-corrected chi connectivity index (χ3v) is 2.69. The van der Waals surface area contributed by atoms with Crippen LogP contribution in [0, 0.1) is 5.82 Å². The Kier molecular flexibility index (Phi) is 3.93. The van der Waals surface area contributed by atoms with Gasteiger partial charge in [0.25, 0.3) is 0 Å². The molecule has 1 aliphatic heterocycles. The smallest absolute Gasteiger partial charge is 0.226 e. The van der Waals surface area contributed by atoms with Gasteiger partial charge in [-0.15, -0.1) is 0 Å². The molecule has 17 heavy (non-hydrogen) atoms. The Morgan fingerprint density at radius 2 is 1.94 bits per heavy atom. The molecule has 1 fully saturated rings. The van der Waals surface area contributed by atoms with Crippen LogP contribution in [0.4, 0.5) is 16.0 Å². The Morgan fingerprint density at radius 1 is 1.29 bits per heavy atom. The van der Waals surface area contributed by atoms with Gasteiger partial charge in [0.15, 0.2) is 11.6 Å². The van der Waals surface area contributed by atoms with Crippen molar-refractivity contribution in [2.45, 2.75) is 18.9 Å². The van der Waals surface area contributed by atoms with Gasteiger partial charge in [-0.1, -0.05) is 0 Å². The standard InChI is InChI=1S/C9H13ClFN5O/c10-9-14-7(6(11)8(15-9)16-12)13-5-1-3-17-4-2-5/h5H,1-4,12H2,(H2,13,14,15,16). The zero-order valence-corrected chi connectivity index (χ0v) is 9.80. The molecule has 0 saturated carbocycles. The molecule has 0 spiro atoms. The van der Waals surface area contributed by atoms with E-state index in [0.29, 0.717) is 13.2 Å². The second-order valence-corrected chi connectivity index (χ2v) is 4.02. The first-order valence-electron chi connectivity index (χ1n) is 5.24. The zero-order valence-electron chi connectivity index (χ0n) is 9.04. The number of aromatic nitrogens is 2. The maximum absolute atomic E-state index is 13.8. The van der Waals surface area contributed by atoms with E-state index in [9.17, 15) is 4.39 Å². The summed E-state index contributed by atoms with van der Waals surface area (Å²) in [6, 6.07) is 0.120. The van der Waals surface area contributed by atoms with Gasteiger partial charge in [0.05, 0.1) is 0 Å². The maximum Gasteiger partial charge on any atom is 0.226 e. The Labute approximate surface area is 103 Å². The predicted octanol–water partition coefficient (Wildman–Crippen LogP) is 1.15. The van der Waals surface area contributed by atoms with Crippen LogP contribution in [0.15, 0.2) is 0 Å². The number of ether oxygens (including phenoxy) is 1. The van der Waals surface area contributed by atoms with Crippen LogP contribution >= 0.6 is 11.6 Å². The fourth-order valence-electron chi connectivity index (χ4n) is 1.65. The first-order chi connectivity index (χ1) is 8.20. The summed E-state index contributed by atoms with van der Waals surface area (Å²) in [5.74, 6) is 4.43. The molecule has 94 valence electrons. The number of nitrogen functional groups attached to an aromatic ring is 1. The van der Waals surface area contributed by atoms with E-state index in [0.717, 1.165) is 12.8 Å². The van der Waals surface area contributed by atoms with Crippen molar-refractivity contribution < 1.29 is 9.13 Å². The van der Waals surface area contributed by atoms with Crippen molar-refractivity contribution in [2.24, 2.45) is 5.84 Å². The summed E-state index contributed by atoms with van der Waals surface area (Å²) in [5.41, 5.74) is 2.14. The maximum atomic E-state index is 13.8. The molecule has 0 bridgehead atoms. The average molecular weight is 262 g/mol. The molecule has 2 rings (SSSR count). The Morgan fingerprint density at radius 3 is 2.59 bits per heavy atom. The van der Waals surface area contributed by atoms with Gasteiger partial charge in [0.2, 0.25) is 11.1 Å². The molecule has 1 aromatic heterocycles. The van der Waals surface area contributed by atoms with Crippen LogP contribution in [-0.2, 0) is 4.74 Å². The molecule has 0 aromatic carbocycles. The zero-order chi connectivity index (χ0) is 12.3. The van der Waals surface area contributed by atoms with Gasteiger partial charge in [0, 0.05) is 19.3 Å². The molecule has 0 amide bonds. The van der Waals surface area contributed by atoms with Crippen molar-refractivity contribution in [2.75, 3.05) is 24.0 Å². The Hall–Kier alpha value is -1.18. The lowest BCUT2D eigenvalue weighted by Gasteiger charge is -2.23. The number of nitrogens with two attached hydrogens (primary N) is 1. The van der Waals surface area contributed by atoms with Crippen LogP contribution in [0.2, 0.25) is 5.28 Å². The van der Waals surface area contributed by atoms with Crippen LogP contribution in [0.25, 0.3) is 0 Å². The molecule has 0 aliphatic carbocycles. The molecule has 0 radical (unpaired) electrons. The van der Waals surface area contributed by atoms with E-state index in [1.165, 1.54) is 0 Å². The number of hydrogen-bond acceptors (Lipinski definition) is 6. The first kappa shape index (κ1) is 12.3. The topological polar surface area (TPSA) is 85.1 Å². The van der Waals surface area contributed by atoms with Gasteiger partial charge in [-0.3, -0.25) is 0 Å². The van der Waals surface area contributed by atoms with Crippen molar-refractivity contribution in [3.63, 3.8) is 0 Å². The minimum atomic E-state index is -0.636. The van der Waals surface area contributed by atoms with E-state index in [1.54, 1.807) is 0 Å². The largest absolute Gasteiger partial charge is 0.381 e. The molecule has 8 heteroatoms. The lowest BCUT2D eigenvalue weighted by atomic mass is 10.1. The van der Waals surface area contributed by atoms with Gasteiger partial charge < -0.3 is 15.5 Å². The highest BCUT2D eigenvalue weighted by atomic mass is 35.5. The highest BCUT2D eigenvalue weighted by Crippen LogP contribution is 2.22. The van der Waals surface area contributed by atoms with E-state index in [2.05, 4.69) is 20.7 Å². The third-order valence-electron chi connectivity index (χ3n) is 2.52. The number of rotatable bonds is 3. The van der Waals surface area contributed by atoms with Crippen LogP contribution < -0.4 is 16.6 Å². The number of hydrazine groups is 1. The van der Waals surface area contributed by atoms with Crippen LogP contribution in [-0.4, -0.2) is 29.2 Å². The second kappa shape index (κ2) is 5.44. The summed E-state index contributed by atoms with van der Waals surface area (Å²) in [4.78, 5) is 7.43. The monoisotopic (exact) mass is 261 g/mol. The Bertz CT molecular complexity index is 399. The summed E-state index contributed by atoms with van der Waals surface area (Å²) < 4.78 is 19.0. The fourth-order valence-corrected chi connectivity index (χ4v) is 1.82. The summed E-state index contributed by atoms with van der Waals surface area (Å²) >= 11 is 5.67. The van der Waals surface area contributed by atoms with Gasteiger partial charge in [-0.2, -0.15) is 14.4 Å². The molecule has 1 aliphatic rings. The molecular weight excluding hydrogens is 249 g/mol. The summed E-state index contributed by atoms with van der Waals surface area (Å²) in [6.45, 7) is 1.31. The normalized spacial score (nSPS) is 16.9. The van der Waals surface area contributed by atoms with Crippen molar-refractivity contribution >= 4 is 23.2 Å². The molecule has 4 N–H and O–H groups in total. The van der Waals surface area contributed by atoms with Crippen molar-refractivity contribution in [1.29, 1.82) is 0 Å². The third kappa shape index (κ3) is 2.93. The van der Waals surface area contributed by atoms with E-state index in [4.69, 9.17) is 22.2 Å². The molecular formula is C9H13ClFN5O. The van der Waals surface area contributed by atoms with Crippen molar-refractivity contribution in [3.05, 3.63) is 11.1 Å². The minimum absolute atomic E-state index is 0.0600. The summed E-state index contributed by atoms with van der Waals surface area (Å²) in [7, 11) is 0. The van der Waals surface area contributed by atoms with Gasteiger partial charge in [-0.05, 0) is 24.4 Å². The van der Waals surface area contributed by atoms with Crippen molar-refractivity contribution in [3.8, 4) is 0 Å². The lowest BCUT2D eigenvalue weighted by Crippen LogP contribution is -2.29. The van der Waals surface area contributed by atoms with E-state index >= 15 is 0 Å². The molecule has 1 aromatic rings. The highest BCUT2D eigenvalue weighted by molar-refractivity contribution is 6.28. The van der Waals surface area contributed by atoms with Crippen LogP contribution in [0.3, 0.4) is 0 Å². The highest BCUT2D eigenvalue weighted by Gasteiger charge is 2.18. The van der Waals surface area contributed by atoms with Crippen molar-refractivity contribution in [1.82, 2.24) is 9.97 Å². The molecule has 0 unspecified atom stereocenters. The van der Waals surface area contributed by atoms with Gasteiger partial charge in [-0.25, -0.2) is 5.84 Å². The average Bonchev–Trinajstić information content (AvgIpc) is 2.34. The Balaban J connectivity index is 2.16. The molecule has 2 heterocycles. The van der Waals surface area contributed by atoms with Gasteiger partial charge in [0.1, 0.15) is 0 Å². The number of nitrogens with one attached hydrogen (secondary N) is 2. The van der Waals surface area contributed by atoms with E-state index in [1.807, 2.05) is 0 Å². The van der Waals surface area contributed by atoms with Crippen LogP contribution in [0.5, 0.6) is 0 Å². The lowest BCUT2D eigenvalue weighted by molar-refractivity contribution is 0.0903. The molecule has 1 saturated heterocycles. The minimum Gasteiger partial charge on any atom is -0.381 e. The predicted molar refractivity (Wildman–Crippen MR) is 62.3 cm³/mol.